The summed E-state index contributed by atoms with van der Waals surface area (Å²) in [5.41, 5.74) is 21.1. The van der Waals surface area contributed by atoms with Crippen molar-refractivity contribution in [2.45, 2.75) is 0 Å². The van der Waals surface area contributed by atoms with Crippen LogP contribution in [0, 0.1) is 0 Å². The van der Waals surface area contributed by atoms with E-state index in [1.807, 2.05) is 115 Å². The number of hydrogen-bond acceptors (Lipinski definition) is 16. The lowest BCUT2D eigenvalue weighted by molar-refractivity contribution is 1.25. The van der Waals surface area contributed by atoms with Crippen LogP contribution in [-0.4, -0.2) is 79.7 Å². The first kappa shape index (κ1) is 41.1. The highest BCUT2D eigenvalue weighted by atomic mass is 14.9. The topological polar surface area (TPSA) is 206 Å². The minimum atomic E-state index is 0.663. The molecule has 0 bridgehead atoms. The standard InChI is InChI=1S/C58H30N16/c1-4-31(45-25-63-53-39(69-45)12-10-37-51(53)61-20-18-59-37)22-33(6-1)47-27-65-55-41(71-47)14-16-43-57(55)67-29-49(73-43)35-8-3-9-36(24-35)50-30-68-58-44(74-50)17-15-42-56(58)66-28-48(72-42)34-7-2-5-32(23-34)46-26-64-54-40(70-46)13-11-38-52(54)62-21-19-60-38/h1-30H. The third-order valence-electron chi connectivity index (χ3n) is 13.1. The Morgan fingerprint density at radius 1 is 0.189 bits per heavy atom. The molecule has 0 radical (unpaired) electrons. The van der Waals surface area contributed by atoms with Crippen LogP contribution in [0.2, 0.25) is 0 Å². The van der Waals surface area contributed by atoms with E-state index in [1.54, 1.807) is 62.0 Å². The van der Waals surface area contributed by atoms with Crippen LogP contribution in [0.3, 0.4) is 0 Å². The van der Waals surface area contributed by atoms with Gasteiger partial charge < -0.3 is 0 Å². The molecule has 16 heteroatoms. The van der Waals surface area contributed by atoms with Gasteiger partial charge in [-0.1, -0.05) is 54.6 Å². The van der Waals surface area contributed by atoms with Gasteiger partial charge in [0, 0.05) is 58.2 Å². The average Bonchev–Trinajstić information content (AvgIpc) is 3.48. The highest BCUT2D eigenvalue weighted by molar-refractivity contribution is 6.03. The van der Waals surface area contributed by atoms with Gasteiger partial charge >= 0.3 is 0 Å². The zero-order valence-corrected chi connectivity index (χ0v) is 38.5. The quantitative estimate of drug-likeness (QED) is 0.142. The summed E-state index contributed by atoms with van der Waals surface area (Å²) in [7, 11) is 0. The molecule has 0 saturated carbocycles. The van der Waals surface area contributed by atoms with Crippen LogP contribution in [0.5, 0.6) is 0 Å². The largest absolute Gasteiger partial charge is 0.253 e. The molecule has 0 spiro atoms. The molecular weight excluding hydrogens is 921 g/mol. The van der Waals surface area contributed by atoms with Crippen LogP contribution in [0.4, 0.5) is 0 Å². The molecule has 0 atom stereocenters. The third-order valence-corrected chi connectivity index (χ3v) is 13.1. The Bertz CT molecular complexity index is 4540. The van der Waals surface area contributed by atoms with Crippen LogP contribution in [0.25, 0.3) is 156 Å². The van der Waals surface area contributed by atoms with E-state index in [0.29, 0.717) is 66.6 Å². The molecular formula is C58H30N16. The Morgan fingerprint density at radius 2 is 0.392 bits per heavy atom. The van der Waals surface area contributed by atoms with Gasteiger partial charge in [0.2, 0.25) is 0 Å². The molecule has 0 amide bonds. The molecule has 0 aliphatic carbocycles. The molecule has 74 heavy (non-hydrogen) atoms. The molecule has 15 aromatic rings. The van der Waals surface area contributed by atoms with E-state index < -0.39 is 0 Å². The van der Waals surface area contributed by atoms with Gasteiger partial charge in [0.25, 0.3) is 0 Å². The average molecular weight is 951 g/mol. The van der Waals surface area contributed by atoms with Crippen molar-refractivity contribution >= 4 is 88.3 Å². The van der Waals surface area contributed by atoms with E-state index in [-0.39, 0.29) is 0 Å². The molecule has 16 nitrogen and oxygen atoms in total. The maximum absolute atomic E-state index is 5.04. The zero-order chi connectivity index (χ0) is 48.7. The Labute approximate surface area is 417 Å². The number of fused-ring (bicyclic) bond motifs is 12. The second-order valence-electron chi connectivity index (χ2n) is 17.6. The number of hydrogen-bond donors (Lipinski definition) is 0. The lowest BCUT2D eigenvalue weighted by Crippen LogP contribution is -1.95. The molecule has 8 aromatic heterocycles. The predicted molar refractivity (Wildman–Crippen MR) is 284 cm³/mol. The van der Waals surface area contributed by atoms with Crippen molar-refractivity contribution in [1.82, 2.24) is 79.7 Å². The minimum absolute atomic E-state index is 0.663. The number of aromatic nitrogens is 16. The highest BCUT2D eigenvalue weighted by Gasteiger charge is 2.16. The van der Waals surface area contributed by atoms with Crippen molar-refractivity contribution in [2.24, 2.45) is 0 Å². The molecule has 0 saturated heterocycles. The fourth-order valence-corrected chi connectivity index (χ4v) is 9.50. The summed E-state index contributed by atoms with van der Waals surface area (Å²) in [6, 6.07) is 39.6. The van der Waals surface area contributed by atoms with E-state index in [9.17, 15) is 0 Å². The lowest BCUT2D eigenvalue weighted by atomic mass is 10.1. The Balaban J connectivity index is 0.685. The Morgan fingerprint density at radius 3 is 0.635 bits per heavy atom. The van der Waals surface area contributed by atoms with E-state index in [2.05, 4.69) is 26.0 Å². The molecule has 0 unspecified atom stereocenters. The van der Waals surface area contributed by atoms with Crippen molar-refractivity contribution in [3.63, 3.8) is 0 Å². The minimum Gasteiger partial charge on any atom is -0.253 e. The van der Waals surface area contributed by atoms with Crippen LogP contribution < -0.4 is 0 Å². The van der Waals surface area contributed by atoms with Gasteiger partial charge in [0.15, 0.2) is 0 Å². The van der Waals surface area contributed by atoms with Gasteiger partial charge in [-0.3, -0.25) is 19.9 Å². The molecule has 15 rings (SSSR count). The zero-order valence-electron chi connectivity index (χ0n) is 38.5. The third kappa shape index (κ3) is 6.92. The van der Waals surface area contributed by atoms with E-state index >= 15 is 0 Å². The second-order valence-corrected chi connectivity index (χ2v) is 17.6. The van der Waals surface area contributed by atoms with Crippen molar-refractivity contribution < 1.29 is 0 Å². The first-order valence-corrected chi connectivity index (χ1v) is 23.5. The molecule has 0 N–H and O–H groups in total. The van der Waals surface area contributed by atoms with Gasteiger partial charge in [-0.05, 0) is 66.7 Å². The van der Waals surface area contributed by atoms with Crippen molar-refractivity contribution in [2.75, 3.05) is 0 Å². The van der Waals surface area contributed by atoms with E-state index in [4.69, 9.17) is 59.8 Å². The van der Waals surface area contributed by atoms with Gasteiger partial charge in [-0.25, -0.2) is 59.8 Å². The predicted octanol–water partition coefficient (Wildman–Crippen LogP) is 11.2. The molecule has 7 aromatic carbocycles. The summed E-state index contributed by atoms with van der Waals surface area (Å²) >= 11 is 0. The van der Waals surface area contributed by atoms with E-state index in [1.165, 1.54) is 0 Å². The summed E-state index contributed by atoms with van der Waals surface area (Å²) in [6.45, 7) is 0. The summed E-state index contributed by atoms with van der Waals surface area (Å²) in [5.74, 6) is 0. The van der Waals surface area contributed by atoms with Crippen molar-refractivity contribution in [3.8, 4) is 67.5 Å². The first-order chi connectivity index (χ1) is 36.6. The van der Waals surface area contributed by atoms with Gasteiger partial charge in [0.05, 0.1) is 115 Å². The molecule has 0 aliphatic heterocycles. The monoisotopic (exact) mass is 950 g/mol. The van der Waals surface area contributed by atoms with Gasteiger partial charge in [-0.15, -0.1) is 0 Å². The smallest absolute Gasteiger partial charge is 0.117 e. The number of nitrogens with zero attached hydrogens (tertiary/aromatic N) is 16. The Kier molecular flexibility index (Phi) is 9.12. The maximum Gasteiger partial charge on any atom is 0.117 e. The summed E-state index contributed by atoms with van der Waals surface area (Å²) in [4.78, 5) is 76.6. The fraction of sp³-hybridized carbons (Fsp3) is 0. The lowest BCUT2D eigenvalue weighted by Gasteiger charge is -2.09. The van der Waals surface area contributed by atoms with Crippen LogP contribution in [-0.2, 0) is 0 Å². The summed E-state index contributed by atoms with van der Waals surface area (Å²) in [5, 5.41) is 0. The van der Waals surface area contributed by atoms with Crippen molar-refractivity contribution in [1.29, 1.82) is 0 Å². The van der Waals surface area contributed by atoms with Gasteiger partial charge in [-0.2, -0.15) is 0 Å². The Hall–Kier alpha value is -10.7. The maximum atomic E-state index is 5.04. The van der Waals surface area contributed by atoms with Crippen LogP contribution in [0.15, 0.2) is 183 Å². The molecule has 8 heterocycles. The van der Waals surface area contributed by atoms with Crippen molar-refractivity contribution in [3.05, 3.63) is 183 Å². The van der Waals surface area contributed by atoms with Crippen LogP contribution in [0.1, 0.15) is 0 Å². The molecule has 0 aliphatic rings. The highest BCUT2D eigenvalue weighted by Crippen LogP contribution is 2.33. The normalized spacial score (nSPS) is 11.8. The summed E-state index contributed by atoms with van der Waals surface area (Å²) < 4.78 is 0. The molecule has 342 valence electrons. The van der Waals surface area contributed by atoms with E-state index in [0.717, 1.165) is 89.3 Å². The second kappa shape index (κ2) is 16.4. The fourth-order valence-electron chi connectivity index (χ4n) is 9.50. The summed E-state index contributed by atoms with van der Waals surface area (Å²) in [6.07, 6.45) is 17.3. The number of benzene rings is 7. The number of rotatable bonds is 6. The van der Waals surface area contributed by atoms with Crippen LogP contribution >= 0.6 is 0 Å². The first-order valence-electron chi connectivity index (χ1n) is 23.5. The molecule has 0 fully saturated rings. The van der Waals surface area contributed by atoms with Gasteiger partial charge in [0.1, 0.15) is 44.1 Å². The SMILES string of the molecule is c1cc(-c2cnc3c(ccc4nccnc43)n2)cc(-c2cnc3c(ccc4nc(-c5cccc(-c6cnc7c(ccc8nc(-c9cccc(-c%10cnc%11c(ccc%12nccnc%12%11)n%10)c9)cnc87)n6)c5)cnc43)n2)c1.